The first-order valence-corrected chi connectivity index (χ1v) is 8.97. The summed E-state index contributed by atoms with van der Waals surface area (Å²) in [6.07, 6.45) is 0.857. The van der Waals surface area contributed by atoms with Crippen molar-refractivity contribution in [1.82, 2.24) is 10.2 Å². The van der Waals surface area contributed by atoms with Crippen LogP contribution < -0.4 is 5.32 Å². The normalized spacial score (nSPS) is 16.1. The van der Waals surface area contributed by atoms with Crippen molar-refractivity contribution < 1.29 is 14.7 Å². The monoisotopic (exact) mass is 352 g/mol. The molecule has 2 aromatic rings. The predicted octanol–water partition coefficient (Wildman–Crippen LogP) is 3.06. The van der Waals surface area contributed by atoms with Gasteiger partial charge in [-0.2, -0.15) is 0 Å². The first-order valence-electron chi connectivity index (χ1n) is 8.97. The van der Waals surface area contributed by atoms with E-state index in [4.69, 9.17) is 0 Å². The summed E-state index contributed by atoms with van der Waals surface area (Å²) in [5.41, 5.74) is 1.48. The van der Waals surface area contributed by atoms with Crippen LogP contribution in [0, 0.1) is 0 Å². The molecule has 0 atom stereocenters. The molecule has 1 aliphatic rings. The molecule has 5 heteroatoms. The van der Waals surface area contributed by atoms with Crippen LogP contribution in [-0.2, 0) is 16.6 Å². The Kier molecular flexibility index (Phi) is 5.56. The fourth-order valence-electron chi connectivity index (χ4n) is 3.62. The molecule has 0 spiro atoms. The summed E-state index contributed by atoms with van der Waals surface area (Å²) in [6.45, 7) is 1.31. The molecule has 1 fully saturated rings. The maximum atomic E-state index is 13.1. The minimum absolute atomic E-state index is 0.00956. The van der Waals surface area contributed by atoms with E-state index < -0.39 is 11.5 Å². The van der Waals surface area contributed by atoms with Crippen LogP contribution in [0.15, 0.2) is 60.7 Å². The van der Waals surface area contributed by atoms with Gasteiger partial charge in [0.1, 0.15) is 0 Å². The molecule has 1 saturated heterocycles. The van der Waals surface area contributed by atoms with Crippen LogP contribution in [0.1, 0.15) is 24.0 Å². The van der Waals surface area contributed by atoms with E-state index in [1.54, 1.807) is 0 Å². The number of carbonyl (C=O) groups is 2. The second kappa shape index (κ2) is 8.04. The van der Waals surface area contributed by atoms with Crippen molar-refractivity contribution >= 4 is 12.0 Å². The Morgan fingerprint density at radius 2 is 1.54 bits per heavy atom. The van der Waals surface area contributed by atoms with Crippen LogP contribution in [0.25, 0.3) is 0 Å². The molecule has 2 N–H and O–H groups in total. The average Bonchev–Trinajstić information content (AvgIpc) is 2.69. The van der Waals surface area contributed by atoms with Crippen LogP contribution in [0.2, 0.25) is 0 Å². The fourth-order valence-corrected chi connectivity index (χ4v) is 3.62. The van der Waals surface area contributed by atoms with Gasteiger partial charge in [0.05, 0.1) is 5.41 Å². The van der Waals surface area contributed by atoms with E-state index in [9.17, 15) is 14.7 Å². The smallest absolute Gasteiger partial charge is 0.407 e. The topological polar surface area (TPSA) is 69.6 Å². The van der Waals surface area contributed by atoms with E-state index in [2.05, 4.69) is 5.32 Å². The number of nitrogens with one attached hydrogen (secondary N) is 1. The molecule has 1 heterocycles. The van der Waals surface area contributed by atoms with Gasteiger partial charge in [0.2, 0.25) is 5.91 Å². The van der Waals surface area contributed by atoms with Crippen molar-refractivity contribution in [2.75, 3.05) is 19.6 Å². The van der Waals surface area contributed by atoms with Gasteiger partial charge in [0.25, 0.3) is 0 Å². The van der Waals surface area contributed by atoms with Crippen LogP contribution in [0.4, 0.5) is 4.79 Å². The Bertz CT molecular complexity index is 738. The SMILES string of the molecule is O=C(O)N1CCC(C(=O)NCCc2ccccc2)(c2ccccc2)CC1. The highest BCUT2D eigenvalue weighted by molar-refractivity contribution is 5.88. The van der Waals surface area contributed by atoms with E-state index in [-0.39, 0.29) is 5.91 Å². The van der Waals surface area contributed by atoms with Crippen molar-refractivity contribution in [1.29, 1.82) is 0 Å². The van der Waals surface area contributed by atoms with Gasteiger partial charge in [-0.3, -0.25) is 4.79 Å². The molecule has 5 nitrogen and oxygen atoms in total. The first-order chi connectivity index (χ1) is 12.6. The third-order valence-corrected chi connectivity index (χ3v) is 5.19. The molecular weight excluding hydrogens is 328 g/mol. The Morgan fingerprint density at radius 3 is 2.12 bits per heavy atom. The van der Waals surface area contributed by atoms with Crippen LogP contribution in [-0.4, -0.2) is 41.6 Å². The number of hydrogen-bond donors (Lipinski definition) is 2. The molecule has 3 rings (SSSR count). The third kappa shape index (κ3) is 3.87. The van der Waals surface area contributed by atoms with Crippen molar-refractivity contribution in [3.8, 4) is 0 Å². The molecule has 1 aliphatic heterocycles. The summed E-state index contributed by atoms with van der Waals surface area (Å²) in [6, 6.07) is 19.8. The number of likely N-dealkylation sites (tertiary alicyclic amines) is 1. The second-order valence-electron chi connectivity index (χ2n) is 6.71. The lowest BCUT2D eigenvalue weighted by Gasteiger charge is -2.40. The molecule has 0 radical (unpaired) electrons. The lowest BCUT2D eigenvalue weighted by Crippen LogP contribution is -2.52. The Hall–Kier alpha value is -2.82. The molecule has 0 bridgehead atoms. The van der Waals surface area contributed by atoms with E-state index in [0.29, 0.717) is 32.5 Å². The Balaban J connectivity index is 1.71. The number of hydrogen-bond acceptors (Lipinski definition) is 2. The number of carboxylic acid groups (broad SMARTS) is 1. The number of benzene rings is 2. The van der Waals surface area contributed by atoms with Crippen molar-refractivity contribution in [3.63, 3.8) is 0 Å². The van der Waals surface area contributed by atoms with Gasteiger partial charge in [0, 0.05) is 19.6 Å². The Labute approximate surface area is 153 Å². The Morgan fingerprint density at radius 1 is 0.962 bits per heavy atom. The lowest BCUT2D eigenvalue weighted by molar-refractivity contribution is -0.128. The first kappa shape index (κ1) is 18.0. The highest BCUT2D eigenvalue weighted by atomic mass is 16.4. The third-order valence-electron chi connectivity index (χ3n) is 5.19. The summed E-state index contributed by atoms with van der Waals surface area (Å²) in [5.74, 6) is -0.00956. The molecule has 0 aromatic heterocycles. The standard InChI is InChI=1S/C21H24N2O3/c24-19(22-14-11-17-7-3-1-4-8-17)21(18-9-5-2-6-10-18)12-15-23(16-13-21)20(25)26/h1-10H,11-16H2,(H,22,24)(H,25,26). The number of amides is 2. The maximum Gasteiger partial charge on any atom is 0.407 e. The molecule has 0 aliphatic carbocycles. The van der Waals surface area contributed by atoms with E-state index in [1.165, 1.54) is 10.5 Å². The van der Waals surface area contributed by atoms with Crippen molar-refractivity contribution in [2.24, 2.45) is 0 Å². The molecule has 26 heavy (non-hydrogen) atoms. The highest BCUT2D eigenvalue weighted by Crippen LogP contribution is 2.36. The molecule has 0 unspecified atom stereocenters. The molecule has 2 amide bonds. The van der Waals surface area contributed by atoms with Gasteiger partial charge in [-0.05, 0) is 30.4 Å². The molecule has 2 aromatic carbocycles. The highest BCUT2D eigenvalue weighted by Gasteiger charge is 2.43. The van der Waals surface area contributed by atoms with E-state index in [1.807, 2.05) is 60.7 Å². The number of nitrogens with zero attached hydrogens (tertiary/aromatic N) is 1. The van der Waals surface area contributed by atoms with Crippen molar-refractivity contribution in [3.05, 3.63) is 71.8 Å². The van der Waals surface area contributed by atoms with Gasteiger partial charge in [-0.15, -0.1) is 0 Å². The number of rotatable bonds is 5. The summed E-state index contributed by atoms with van der Waals surface area (Å²) >= 11 is 0. The lowest BCUT2D eigenvalue weighted by atomic mass is 9.72. The van der Waals surface area contributed by atoms with Gasteiger partial charge < -0.3 is 15.3 Å². The van der Waals surface area contributed by atoms with E-state index in [0.717, 1.165) is 12.0 Å². The molecule has 136 valence electrons. The van der Waals surface area contributed by atoms with Gasteiger partial charge >= 0.3 is 6.09 Å². The van der Waals surface area contributed by atoms with E-state index >= 15 is 0 Å². The fraction of sp³-hybridized carbons (Fsp3) is 0.333. The zero-order valence-corrected chi connectivity index (χ0v) is 14.7. The minimum Gasteiger partial charge on any atom is -0.465 e. The zero-order valence-electron chi connectivity index (χ0n) is 14.7. The van der Waals surface area contributed by atoms with Crippen molar-refractivity contribution in [2.45, 2.75) is 24.7 Å². The average molecular weight is 352 g/mol. The summed E-state index contributed by atoms with van der Waals surface area (Å²) in [4.78, 5) is 25.7. The largest absolute Gasteiger partial charge is 0.465 e. The molecular formula is C21H24N2O3. The zero-order chi connectivity index (χ0) is 18.4. The summed E-state index contributed by atoms with van der Waals surface area (Å²) in [5, 5.41) is 12.3. The maximum absolute atomic E-state index is 13.1. The van der Waals surface area contributed by atoms with Crippen LogP contribution in [0.3, 0.4) is 0 Å². The van der Waals surface area contributed by atoms with Crippen LogP contribution >= 0.6 is 0 Å². The summed E-state index contributed by atoms with van der Waals surface area (Å²) < 4.78 is 0. The van der Waals surface area contributed by atoms with Crippen LogP contribution in [0.5, 0.6) is 0 Å². The van der Waals surface area contributed by atoms with Gasteiger partial charge in [-0.1, -0.05) is 60.7 Å². The molecule has 0 saturated carbocycles. The van der Waals surface area contributed by atoms with Gasteiger partial charge in [0.15, 0.2) is 0 Å². The minimum atomic E-state index is -0.920. The predicted molar refractivity (Wildman–Crippen MR) is 100 cm³/mol. The number of carbonyl (C=O) groups excluding carboxylic acids is 1. The second-order valence-corrected chi connectivity index (χ2v) is 6.71. The summed E-state index contributed by atoms with van der Waals surface area (Å²) in [7, 11) is 0. The number of piperidine rings is 1. The van der Waals surface area contributed by atoms with Gasteiger partial charge in [-0.25, -0.2) is 4.79 Å². The quantitative estimate of drug-likeness (QED) is 0.869.